The van der Waals surface area contributed by atoms with Crippen LogP contribution in [0.25, 0.3) is 22.0 Å². The van der Waals surface area contributed by atoms with Gasteiger partial charge in [-0.15, -0.1) is 0 Å². The second-order valence-electron chi connectivity index (χ2n) is 8.82. The molecule has 0 saturated heterocycles. The number of fused-ring (bicyclic) bond motifs is 1. The van der Waals surface area contributed by atoms with E-state index in [-0.39, 0.29) is 17.4 Å². The molecule has 0 bridgehead atoms. The summed E-state index contributed by atoms with van der Waals surface area (Å²) in [5.74, 6) is -0.184. The number of ether oxygens (including phenoxy) is 1. The molecule has 2 aromatic carbocycles. The van der Waals surface area contributed by atoms with Gasteiger partial charge in [-0.2, -0.15) is 5.10 Å². The lowest BCUT2D eigenvalue weighted by Gasteiger charge is -2.20. The van der Waals surface area contributed by atoms with Crippen LogP contribution in [0.1, 0.15) is 24.8 Å². The van der Waals surface area contributed by atoms with Gasteiger partial charge in [-0.25, -0.2) is 28.7 Å². The summed E-state index contributed by atoms with van der Waals surface area (Å²) >= 11 is 5.80. The second-order valence-corrected chi connectivity index (χ2v) is 9.20. The Labute approximate surface area is 215 Å². The Morgan fingerprint density at radius 1 is 1.08 bits per heavy atom. The van der Waals surface area contributed by atoms with Gasteiger partial charge in [0.2, 0.25) is 0 Å². The van der Waals surface area contributed by atoms with Crippen LogP contribution in [0.5, 0.6) is 5.75 Å². The molecule has 0 amide bonds. The lowest BCUT2D eigenvalue weighted by molar-refractivity contribution is 0.174. The maximum Gasteiger partial charge on any atom is 0.169 e. The van der Waals surface area contributed by atoms with Gasteiger partial charge in [0, 0.05) is 37.1 Å². The Kier molecular flexibility index (Phi) is 5.88. The van der Waals surface area contributed by atoms with E-state index in [1.165, 1.54) is 12.4 Å². The summed E-state index contributed by atoms with van der Waals surface area (Å²) in [6.07, 6.45) is 9.96. The zero-order valence-corrected chi connectivity index (χ0v) is 20.3. The van der Waals surface area contributed by atoms with Crippen LogP contribution in [-0.4, -0.2) is 29.7 Å². The molecule has 0 radical (unpaired) electrons. The predicted molar refractivity (Wildman–Crippen MR) is 135 cm³/mol. The van der Waals surface area contributed by atoms with Crippen molar-refractivity contribution in [3.05, 3.63) is 83.9 Å². The van der Waals surface area contributed by atoms with E-state index in [4.69, 9.17) is 16.3 Å². The van der Waals surface area contributed by atoms with Gasteiger partial charge < -0.3 is 10.1 Å². The molecular weight excluding hydrogens is 500 g/mol. The number of rotatable bonds is 7. The number of hydrogen-bond acceptors (Lipinski definition) is 7. The fourth-order valence-corrected chi connectivity index (χ4v) is 4.35. The average Bonchev–Trinajstić information content (AvgIpc) is 3.66. The van der Waals surface area contributed by atoms with Gasteiger partial charge in [0.1, 0.15) is 28.7 Å². The van der Waals surface area contributed by atoms with Gasteiger partial charge in [0.05, 0.1) is 22.8 Å². The monoisotopic (exact) mass is 519 g/mol. The molecule has 1 aliphatic rings. The van der Waals surface area contributed by atoms with Crippen molar-refractivity contribution >= 4 is 34.0 Å². The van der Waals surface area contributed by atoms with E-state index in [2.05, 4.69) is 30.4 Å². The lowest BCUT2D eigenvalue weighted by Crippen LogP contribution is -2.14. The summed E-state index contributed by atoms with van der Waals surface area (Å²) in [5, 5.41) is 7.14. The summed E-state index contributed by atoms with van der Waals surface area (Å²) in [7, 11) is 1.84. The third-order valence-corrected chi connectivity index (χ3v) is 6.52. The Bertz CT molecular complexity index is 1610. The standard InChI is InChI=1S/C26H20ClF2N7O/c1-36-12-16(11-34-36)15-9-19-21(20(10-15)37-24(14-3-4-14)26-30-7-2-8-31-26)25(33-13-32-19)35-18-6-5-17(28)22(27)23(18)29/h2,5-14,24H,3-4H2,1H3,(H,32,33,35). The van der Waals surface area contributed by atoms with Crippen molar-refractivity contribution in [1.82, 2.24) is 29.7 Å². The molecule has 3 aromatic heterocycles. The maximum atomic E-state index is 14.7. The minimum absolute atomic E-state index is 0.0289. The fourth-order valence-electron chi connectivity index (χ4n) is 4.18. The smallest absolute Gasteiger partial charge is 0.169 e. The molecule has 1 N–H and O–H groups in total. The SMILES string of the molecule is Cn1cc(-c2cc(OC(c3ncccn3)C3CC3)c3c(Nc4ccc(F)c(Cl)c4F)ncnc3c2)cn1. The molecular formula is C26H20ClF2N7O. The van der Waals surface area contributed by atoms with E-state index in [1.54, 1.807) is 29.3 Å². The number of nitrogens with zero attached hydrogens (tertiary/aromatic N) is 6. The molecule has 11 heteroatoms. The molecule has 0 spiro atoms. The number of aryl methyl sites for hydroxylation is 1. The molecule has 3 heterocycles. The third kappa shape index (κ3) is 4.55. The molecule has 8 nitrogen and oxygen atoms in total. The van der Waals surface area contributed by atoms with Crippen LogP contribution in [0.3, 0.4) is 0 Å². The summed E-state index contributed by atoms with van der Waals surface area (Å²) in [4.78, 5) is 17.7. The molecule has 0 aliphatic heterocycles. The number of benzene rings is 2. The first-order chi connectivity index (χ1) is 18.0. The Morgan fingerprint density at radius 3 is 2.62 bits per heavy atom. The summed E-state index contributed by atoms with van der Waals surface area (Å²) in [5.41, 5.74) is 2.24. The van der Waals surface area contributed by atoms with Crippen molar-refractivity contribution in [2.45, 2.75) is 18.9 Å². The maximum absolute atomic E-state index is 14.7. The van der Waals surface area contributed by atoms with Crippen LogP contribution in [-0.2, 0) is 7.05 Å². The van der Waals surface area contributed by atoms with Crippen molar-refractivity contribution in [1.29, 1.82) is 0 Å². The minimum atomic E-state index is -0.920. The lowest BCUT2D eigenvalue weighted by atomic mass is 10.1. The molecule has 6 rings (SSSR count). The van der Waals surface area contributed by atoms with Crippen LogP contribution in [0, 0.1) is 17.6 Å². The summed E-state index contributed by atoms with van der Waals surface area (Å²) < 4.78 is 36.8. The van der Waals surface area contributed by atoms with Crippen LogP contribution in [0.2, 0.25) is 5.02 Å². The zero-order chi connectivity index (χ0) is 25.5. The van der Waals surface area contributed by atoms with Gasteiger partial charge in [-0.05, 0) is 48.7 Å². The van der Waals surface area contributed by atoms with Crippen molar-refractivity contribution in [3.63, 3.8) is 0 Å². The molecule has 5 aromatic rings. The third-order valence-electron chi connectivity index (χ3n) is 6.17. The number of halogens is 3. The average molecular weight is 520 g/mol. The molecule has 37 heavy (non-hydrogen) atoms. The van der Waals surface area contributed by atoms with E-state index in [0.717, 1.165) is 30.0 Å². The number of hydrogen-bond donors (Lipinski definition) is 1. The minimum Gasteiger partial charge on any atom is -0.481 e. The highest BCUT2D eigenvalue weighted by Crippen LogP contribution is 2.45. The summed E-state index contributed by atoms with van der Waals surface area (Å²) in [6.45, 7) is 0. The van der Waals surface area contributed by atoms with E-state index in [9.17, 15) is 8.78 Å². The van der Waals surface area contributed by atoms with E-state index in [1.807, 2.05) is 25.4 Å². The molecule has 1 unspecified atom stereocenters. The first-order valence-corrected chi connectivity index (χ1v) is 12.0. The first kappa shape index (κ1) is 23.2. The van der Waals surface area contributed by atoms with Crippen molar-refractivity contribution in [3.8, 4) is 16.9 Å². The normalized spacial score (nSPS) is 14.1. The van der Waals surface area contributed by atoms with E-state index >= 15 is 0 Å². The predicted octanol–water partition coefficient (Wildman–Crippen LogP) is 6.03. The summed E-state index contributed by atoms with van der Waals surface area (Å²) in [6, 6.07) is 7.86. The topological polar surface area (TPSA) is 90.6 Å². The van der Waals surface area contributed by atoms with E-state index in [0.29, 0.717) is 22.5 Å². The Morgan fingerprint density at radius 2 is 1.89 bits per heavy atom. The van der Waals surface area contributed by atoms with Gasteiger partial charge in [0.15, 0.2) is 17.7 Å². The Balaban J connectivity index is 1.51. The molecule has 1 saturated carbocycles. The molecule has 186 valence electrons. The highest BCUT2D eigenvalue weighted by atomic mass is 35.5. The second kappa shape index (κ2) is 9.36. The number of anilines is 2. The highest BCUT2D eigenvalue weighted by Gasteiger charge is 2.36. The van der Waals surface area contributed by atoms with Crippen molar-refractivity contribution < 1.29 is 13.5 Å². The Hall–Kier alpha value is -4.18. The van der Waals surface area contributed by atoms with Gasteiger partial charge >= 0.3 is 0 Å². The number of nitrogens with one attached hydrogen (secondary N) is 1. The van der Waals surface area contributed by atoms with Crippen LogP contribution >= 0.6 is 11.6 Å². The zero-order valence-electron chi connectivity index (χ0n) is 19.6. The quantitative estimate of drug-likeness (QED) is 0.263. The van der Waals surface area contributed by atoms with Crippen LogP contribution in [0.15, 0.2) is 61.4 Å². The molecule has 1 fully saturated rings. The van der Waals surface area contributed by atoms with Crippen molar-refractivity contribution in [2.24, 2.45) is 13.0 Å². The van der Waals surface area contributed by atoms with Crippen LogP contribution in [0.4, 0.5) is 20.3 Å². The molecule has 1 aliphatic carbocycles. The van der Waals surface area contributed by atoms with Crippen LogP contribution < -0.4 is 10.1 Å². The highest BCUT2D eigenvalue weighted by molar-refractivity contribution is 6.31. The van der Waals surface area contributed by atoms with Gasteiger partial charge in [-0.3, -0.25) is 4.68 Å². The fraction of sp³-hybridized carbons (Fsp3) is 0.192. The van der Waals surface area contributed by atoms with Crippen molar-refractivity contribution in [2.75, 3.05) is 5.32 Å². The van der Waals surface area contributed by atoms with Gasteiger partial charge in [-0.1, -0.05) is 11.6 Å². The van der Waals surface area contributed by atoms with Gasteiger partial charge in [0.25, 0.3) is 0 Å². The number of aromatic nitrogens is 6. The molecule has 1 atom stereocenters. The largest absolute Gasteiger partial charge is 0.481 e. The van der Waals surface area contributed by atoms with E-state index < -0.39 is 22.8 Å². The first-order valence-electron chi connectivity index (χ1n) is 11.6.